The predicted molar refractivity (Wildman–Crippen MR) is 67.6 cm³/mol. The molecular formula is C14H11NO3. The van der Waals surface area contributed by atoms with Crippen LogP contribution in [0, 0.1) is 0 Å². The van der Waals surface area contributed by atoms with Gasteiger partial charge in [0.25, 0.3) is 0 Å². The summed E-state index contributed by atoms with van der Waals surface area (Å²) >= 11 is 0. The molecule has 1 aliphatic heterocycles. The SMILES string of the molecule is COCc1ccc2nc3ccc(=O)cc-3oc2c1. The summed E-state index contributed by atoms with van der Waals surface area (Å²) in [4.78, 5) is 15.7. The Morgan fingerprint density at radius 2 is 2.11 bits per heavy atom. The zero-order valence-corrected chi connectivity index (χ0v) is 9.84. The van der Waals surface area contributed by atoms with Crippen LogP contribution in [0.4, 0.5) is 0 Å². The summed E-state index contributed by atoms with van der Waals surface area (Å²) < 4.78 is 10.8. The van der Waals surface area contributed by atoms with Crippen molar-refractivity contribution in [2.75, 3.05) is 7.11 Å². The van der Waals surface area contributed by atoms with Crippen LogP contribution in [0.3, 0.4) is 0 Å². The van der Waals surface area contributed by atoms with E-state index in [9.17, 15) is 4.79 Å². The van der Waals surface area contributed by atoms with Crippen LogP contribution in [-0.4, -0.2) is 12.1 Å². The lowest BCUT2D eigenvalue weighted by Gasteiger charge is -2.06. The number of aromatic nitrogens is 1. The first-order chi connectivity index (χ1) is 8.76. The summed E-state index contributed by atoms with van der Waals surface area (Å²) in [6, 6.07) is 10.3. The Balaban J connectivity index is 2.26. The fraction of sp³-hybridized carbons (Fsp3) is 0.143. The van der Waals surface area contributed by atoms with Crippen LogP contribution in [0.2, 0.25) is 0 Å². The minimum absolute atomic E-state index is 0.0829. The Labute approximate surface area is 103 Å². The van der Waals surface area contributed by atoms with Crippen LogP contribution in [0.15, 0.2) is 45.6 Å². The summed E-state index contributed by atoms with van der Waals surface area (Å²) in [5, 5.41) is 0. The molecule has 0 radical (unpaired) electrons. The van der Waals surface area contributed by atoms with Crippen molar-refractivity contribution in [3.63, 3.8) is 0 Å². The molecule has 0 amide bonds. The topological polar surface area (TPSA) is 52.3 Å². The van der Waals surface area contributed by atoms with E-state index < -0.39 is 0 Å². The van der Waals surface area contributed by atoms with Gasteiger partial charge in [0.05, 0.1) is 6.61 Å². The fourth-order valence-corrected chi connectivity index (χ4v) is 1.91. The lowest BCUT2D eigenvalue weighted by atomic mass is 10.2. The molecule has 0 saturated heterocycles. The zero-order valence-electron chi connectivity index (χ0n) is 9.84. The Kier molecular flexibility index (Phi) is 2.57. The third-order valence-electron chi connectivity index (χ3n) is 2.73. The molecule has 18 heavy (non-hydrogen) atoms. The van der Waals surface area contributed by atoms with Gasteiger partial charge in [-0.1, -0.05) is 6.07 Å². The smallest absolute Gasteiger partial charge is 0.182 e. The van der Waals surface area contributed by atoms with Gasteiger partial charge >= 0.3 is 0 Å². The molecule has 0 aromatic heterocycles. The van der Waals surface area contributed by atoms with Crippen molar-refractivity contribution in [3.05, 3.63) is 52.2 Å². The van der Waals surface area contributed by atoms with Gasteiger partial charge in [-0.3, -0.25) is 4.79 Å². The summed E-state index contributed by atoms with van der Waals surface area (Å²) in [6.45, 7) is 0.519. The number of benzene rings is 2. The van der Waals surface area contributed by atoms with Crippen molar-refractivity contribution < 1.29 is 9.15 Å². The van der Waals surface area contributed by atoms with Crippen LogP contribution in [0.5, 0.6) is 0 Å². The highest BCUT2D eigenvalue weighted by Gasteiger charge is 2.09. The Morgan fingerprint density at radius 1 is 1.22 bits per heavy atom. The number of rotatable bonds is 2. The van der Waals surface area contributed by atoms with Crippen molar-refractivity contribution in [1.82, 2.24) is 4.98 Å². The highest BCUT2D eigenvalue weighted by atomic mass is 16.5. The largest absolute Gasteiger partial charge is 0.453 e. The molecule has 0 atom stereocenters. The maximum Gasteiger partial charge on any atom is 0.182 e. The quantitative estimate of drug-likeness (QED) is 0.646. The molecule has 1 aromatic carbocycles. The van der Waals surface area contributed by atoms with Gasteiger partial charge in [-0.2, -0.15) is 0 Å². The number of nitrogens with zero attached hydrogens (tertiary/aromatic N) is 1. The summed E-state index contributed by atoms with van der Waals surface area (Å²) in [6.07, 6.45) is 0. The molecule has 2 aliphatic rings. The number of hydrogen-bond acceptors (Lipinski definition) is 4. The molecular weight excluding hydrogens is 230 g/mol. The van der Waals surface area contributed by atoms with E-state index in [-0.39, 0.29) is 5.43 Å². The monoisotopic (exact) mass is 241 g/mol. The van der Waals surface area contributed by atoms with Crippen molar-refractivity contribution in [3.8, 4) is 11.5 Å². The van der Waals surface area contributed by atoms with E-state index in [0.717, 1.165) is 11.1 Å². The van der Waals surface area contributed by atoms with Gasteiger partial charge < -0.3 is 9.15 Å². The summed E-state index contributed by atoms with van der Waals surface area (Å²) in [5.74, 6) is 0.504. The van der Waals surface area contributed by atoms with E-state index in [2.05, 4.69) is 4.98 Å². The molecule has 1 heterocycles. The van der Waals surface area contributed by atoms with Crippen LogP contribution in [-0.2, 0) is 11.3 Å². The average Bonchev–Trinajstić information content (AvgIpc) is 2.36. The number of hydrogen-bond donors (Lipinski definition) is 0. The predicted octanol–water partition coefficient (Wildman–Crippen LogP) is 2.44. The van der Waals surface area contributed by atoms with Gasteiger partial charge in [0.2, 0.25) is 0 Å². The molecule has 4 nitrogen and oxygen atoms in total. The second kappa shape index (κ2) is 4.23. The number of ether oxygens (including phenoxy) is 1. The molecule has 3 rings (SSSR count). The maximum atomic E-state index is 11.3. The third-order valence-corrected chi connectivity index (χ3v) is 2.73. The van der Waals surface area contributed by atoms with E-state index in [1.54, 1.807) is 13.2 Å². The molecule has 0 saturated carbocycles. The minimum Gasteiger partial charge on any atom is -0.453 e. The Hall–Kier alpha value is -2.20. The number of methoxy groups -OCH3 is 1. The van der Waals surface area contributed by atoms with Crippen molar-refractivity contribution >= 4 is 11.1 Å². The highest BCUT2D eigenvalue weighted by molar-refractivity contribution is 5.76. The van der Waals surface area contributed by atoms with Gasteiger partial charge in [-0.15, -0.1) is 0 Å². The molecule has 0 spiro atoms. The second-order valence-electron chi connectivity index (χ2n) is 4.08. The third kappa shape index (κ3) is 1.87. The van der Waals surface area contributed by atoms with Crippen molar-refractivity contribution in [2.45, 2.75) is 6.61 Å². The molecule has 0 N–H and O–H groups in total. The van der Waals surface area contributed by atoms with Gasteiger partial charge in [-0.05, 0) is 29.8 Å². The maximum absolute atomic E-state index is 11.3. The lowest BCUT2D eigenvalue weighted by Crippen LogP contribution is -1.99. The van der Waals surface area contributed by atoms with E-state index in [1.165, 1.54) is 12.1 Å². The second-order valence-corrected chi connectivity index (χ2v) is 4.08. The number of fused-ring (bicyclic) bond motifs is 2. The molecule has 0 fully saturated rings. The van der Waals surface area contributed by atoms with Crippen LogP contribution < -0.4 is 5.43 Å². The fourth-order valence-electron chi connectivity index (χ4n) is 1.91. The van der Waals surface area contributed by atoms with Gasteiger partial charge in [0.15, 0.2) is 16.8 Å². The molecule has 1 aromatic rings. The zero-order chi connectivity index (χ0) is 12.5. The Morgan fingerprint density at radius 3 is 2.94 bits per heavy atom. The molecule has 90 valence electrons. The molecule has 4 heteroatoms. The van der Waals surface area contributed by atoms with Gasteiger partial charge in [0, 0.05) is 13.2 Å². The van der Waals surface area contributed by atoms with E-state index in [1.807, 2.05) is 18.2 Å². The average molecular weight is 241 g/mol. The van der Waals surface area contributed by atoms with Gasteiger partial charge in [-0.25, -0.2) is 4.98 Å². The van der Waals surface area contributed by atoms with Gasteiger partial charge in [0.1, 0.15) is 11.2 Å². The molecule has 0 unspecified atom stereocenters. The first-order valence-electron chi connectivity index (χ1n) is 5.59. The summed E-state index contributed by atoms with van der Waals surface area (Å²) in [5.41, 5.74) is 3.03. The normalized spacial score (nSPS) is 11.2. The standard InChI is InChI=1S/C14H11NO3/c1-17-8-9-2-4-11-13(6-9)18-14-7-10(16)3-5-12(14)15-11/h2-7H,8H2,1H3. The van der Waals surface area contributed by atoms with Crippen LogP contribution in [0.25, 0.3) is 22.6 Å². The van der Waals surface area contributed by atoms with Crippen molar-refractivity contribution in [2.24, 2.45) is 0 Å². The van der Waals surface area contributed by atoms with Crippen LogP contribution >= 0.6 is 0 Å². The molecule has 1 aliphatic carbocycles. The lowest BCUT2D eigenvalue weighted by molar-refractivity contribution is 0.185. The molecule has 0 bridgehead atoms. The van der Waals surface area contributed by atoms with E-state index in [0.29, 0.717) is 23.6 Å². The van der Waals surface area contributed by atoms with Crippen LogP contribution in [0.1, 0.15) is 5.56 Å². The van der Waals surface area contributed by atoms with E-state index >= 15 is 0 Å². The Bertz CT molecular complexity index is 733. The highest BCUT2D eigenvalue weighted by Crippen LogP contribution is 2.24. The van der Waals surface area contributed by atoms with Crippen molar-refractivity contribution in [1.29, 1.82) is 0 Å². The first kappa shape index (κ1) is 10.9. The first-order valence-corrected chi connectivity index (χ1v) is 5.59. The summed E-state index contributed by atoms with van der Waals surface area (Å²) in [7, 11) is 1.64. The minimum atomic E-state index is -0.0829. The van der Waals surface area contributed by atoms with E-state index in [4.69, 9.17) is 9.15 Å².